The second-order valence-corrected chi connectivity index (χ2v) is 13.4. The molecule has 1 unspecified atom stereocenters. The first kappa shape index (κ1) is 23.5. The number of carbonyl (C=O) groups is 1. The molecule has 4 aliphatic rings. The normalized spacial score (nSPS) is 45.0. The van der Waals surface area contributed by atoms with Gasteiger partial charge in [-0.15, -0.1) is 0 Å². The molecule has 0 saturated heterocycles. The van der Waals surface area contributed by atoms with Gasteiger partial charge in [-0.05, 0) is 92.3 Å². The third-order valence-electron chi connectivity index (χ3n) is 10.8. The molecule has 176 valence electrons. The van der Waals surface area contributed by atoms with E-state index in [0.717, 1.165) is 42.9 Å². The van der Waals surface area contributed by atoms with Crippen molar-refractivity contribution in [3.8, 4) is 0 Å². The van der Waals surface area contributed by atoms with Gasteiger partial charge in [-0.25, -0.2) is 0 Å². The van der Waals surface area contributed by atoms with Crippen LogP contribution in [0.3, 0.4) is 0 Å². The first-order valence-corrected chi connectivity index (χ1v) is 13.4. The van der Waals surface area contributed by atoms with Crippen LogP contribution in [0.5, 0.6) is 0 Å². The van der Waals surface area contributed by atoms with Gasteiger partial charge >= 0.3 is 0 Å². The second kappa shape index (κ2) is 8.00. The lowest BCUT2D eigenvalue weighted by Crippen LogP contribution is -2.58. The highest BCUT2D eigenvalue weighted by molar-refractivity contribution is 5.89. The number of ketones is 1. The topological polar surface area (TPSA) is 37.3 Å². The minimum atomic E-state index is -0.360. The first-order chi connectivity index (χ1) is 14.4. The molecule has 8 atom stereocenters. The summed E-state index contributed by atoms with van der Waals surface area (Å²) in [4.78, 5) is 12.7. The fourth-order valence-corrected chi connectivity index (χ4v) is 9.38. The van der Waals surface area contributed by atoms with Gasteiger partial charge in [0, 0.05) is 11.8 Å². The van der Waals surface area contributed by atoms with Crippen LogP contribution in [-0.4, -0.2) is 17.0 Å². The van der Waals surface area contributed by atoms with Gasteiger partial charge in [0.2, 0.25) is 0 Å². The summed E-state index contributed by atoms with van der Waals surface area (Å²) < 4.78 is 0. The quantitative estimate of drug-likeness (QED) is 0.470. The fourth-order valence-electron chi connectivity index (χ4n) is 9.38. The third kappa shape index (κ3) is 3.58. The van der Waals surface area contributed by atoms with E-state index in [1.165, 1.54) is 37.7 Å². The SMILES string of the molecule is CC(C)CCCC(C)[C@H]1CC[C@H]2[C@@H]3CC=C4C(C)(C)C(=O)CC[C@]4(C)[C@H]3[C@@H](O)C[C@]12C. The molecule has 0 heterocycles. The average Bonchev–Trinajstić information content (AvgIpc) is 3.01. The maximum absolute atomic E-state index is 12.7. The minimum Gasteiger partial charge on any atom is -0.393 e. The van der Waals surface area contributed by atoms with Gasteiger partial charge < -0.3 is 5.11 Å². The van der Waals surface area contributed by atoms with Crippen molar-refractivity contribution in [2.24, 2.45) is 51.8 Å². The zero-order chi connectivity index (χ0) is 22.8. The average molecular weight is 429 g/mol. The van der Waals surface area contributed by atoms with Crippen molar-refractivity contribution in [3.05, 3.63) is 11.6 Å². The molecule has 0 aromatic rings. The molecule has 2 heteroatoms. The lowest BCUT2D eigenvalue weighted by atomic mass is 9.43. The predicted molar refractivity (Wildman–Crippen MR) is 129 cm³/mol. The fraction of sp³-hybridized carbons (Fsp3) is 0.897. The van der Waals surface area contributed by atoms with E-state index in [1.54, 1.807) is 0 Å². The largest absolute Gasteiger partial charge is 0.393 e. The molecule has 1 N–H and O–H groups in total. The van der Waals surface area contributed by atoms with Crippen molar-refractivity contribution in [1.29, 1.82) is 0 Å². The number of carbonyl (C=O) groups excluding carboxylic acids is 1. The summed E-state index contributed by atoms with van der Waals surface area (Å²) in [6.07, 6.45) is 12.6. The number of rotatable bonds is 5. The van der Waals surface area contributed by atoms with Crippen molar-refractivity contribution < 1.29 is 9.90 Å². The molecule has 0 amide bonds. The maximum Gasteiger partial charge on any atom is 0.142 e. The van der Waals surface area contributed by atoms with Crippen LogP contribution >= 0.6 is 0 Å². The van der Waals surface area contributed by atoms with Gasteiger partial charge in [-0.1, -0.05) is 65.5 Å². The molecule has 0 radical (unpaired) electrons. The van der Waals surface area contributed by atoms with Gasteiger partial charge in [-0.3, -0.25) is 4.79 Å². The Kier molecular flexibility index (Phi) is 6.07. The molecule has 3 fully saturated rings. The number of aliphatic hydroxyl groups is 1. The molecular formula is C29H48O2. The van der Waals surface area contributed by atoms with Crippen LogP contribution in [0.4, 0.5) is 0 Å². The Labute approximate surface area is 191 Å². The number of aliphatic hydroxyl groups excluding tert-OH is 1. The van der Waals surface area contributed by atoms with E-state index in [1.807, 2.05) is 0 Å². The zero-order valence-electron chi connectivity index (χ0n) is 21.3. The highest BCUT2D eigenvalue weighted by atomic mass is 16.3. The van der Waals surface area contributed by atoms with E-state index >= 15 is 0 Å². The molecule has 31 heavy (non-hydrogen) atoms. The van der Waals surface area contributed by atoms with Crippen LogP contribution in [-0.2, 0) is 4.79 Å². The maximum atomic E-state index is 12.7. The molecule has 3 saturated carbocycles. The van der Waals surface area contributed by atoms with Gasteiger partial charge in [0.1, 0.15) is 5.78 Å². The van der Waals surface area contributed by atoms with Crippen molar-refractivity contribution in [1.82, 2.24) is 0 Å². The molecule has 0 spiro atoms. The summed E-state index contributed by atoms with van der Waals surface area (Å²) in [5, 5.41) is 11.7. The summed E-state index contributed by atoms with van der Waals surface area (Å²) in [5.74, 6) is 4.34. The van der Waals surface area contributed by atoms with E-state index in [9.17, 15) is 9.90 Å². The van der Waals surface area contributed by atoms with Gasteiger partial charge in [0.15, 0.2) is 0 Å². The van der Waals surface area contributed by atoms with Crippen LogP contribution in [0, 0.1) is 51.8 Å². The first-order valence-electron chi connectivity index (χ1n) is 13.4. The van der Waals surface area contributed by atoms with Crippen LogP contribution in [0.15, 0.2) is 11.6 Å². The van der Waals surface area contributed by atoms with Crippen LogP contribution in [0.25, 0.3) is 0 Å². The lowest BCUT2D eigenvalue weighted by Gasteiger charge is -2.61. The Morgan fingerprint density at radius 1 is 1.10 bits per heavy atom. The smallest absolute Gasteiger partial charge is 0.142 e. The van der Waals surface area contributed by atoms with Crippen LogP contribution in [0.2, 0.25) is 0 Å². The number of fused-ring (bicyclic) bond motifs is 5. The molecule has 0 aliphatic heterocycles. The summed E-state index contributed by atoms with van der Waals surface area (Å²) in [6.45, 7) is 16.3. The van der Waals surface area contributed by atoms with Crippen LogP contribution in [0.1, 0.15) is 106 Å². The molecule has 4 aliphatic carbocycles. The standard InChI is InChI=1S/C29H48O2/c1-18(2)9-8-10-19(3)21-12-13-22-20-11-14-24-27(4,5)25(31)15-16-28(24,6)26(20)23(30)17-29(21,22)7/h14,18-23,26,30H,8-13,15-17H2,1-7H3/t19?,20-,21+,22-,23-,26+,28-,29+/m0/s1. The van der Waals surface area contributed by atoms with E-state index in [2.05, 4.69) is 54.5 Å². The lowest BCUT2D eigenvalue weighted by molar-refractivity contribution is -0.144. The van der Waals surface area contributed by atoms with Gasteiger partial charge in [0.05, 0.1) is 6.10 Å². The van der Waals surface area contributed by atoms with Crippen molar-refractivity contribution in [3.63, 3.8) is 0 Å². The Morgan fingerprint density at radius 3 is 2.48 bits per heavy atom. The number of hydrogen-bond donors (Lipinski definition) is 1. The predicted octanol–water partition coefficient (Wildman–Crippen LogP) is 7.20. The van der Waals surface area contributed by atoms with Gasteiger partial charge in [-0.2, -0.15) is 0 Å². The Hall–Kier alpha value is -0.630. The van der Waals surface area contributed by atoms with Gasteiger partial charge in [0.25, 0.3) is 0 Å². The Balaban J connectivity index is 1.59. The monoisotopic (exact) mass is 428 g/mol. The van der Waals surface area contributed by atoms with E-state index in [0.29, 0.717) is 24.0 Å². The number of hydrogen-bond acceptors (Lipinski definition) is 2. The van der Waals surface area contributed by atoms with E-state index in [4.69, 9.17) is 0 Å². The molecule has 0 aromatic heterocycles. The second-order valence-electron chi connectivity index (χ2n) is 13.4. The highest BCUT2D eigenvalue weighted by Crippen LogP contribution is 2.68. The van der Waals surface area contributed by atoms with E-state index < -0.39 is 0 Å². The number of Topliss-reactive ketones (excluding diaryl/α,β-unsaturated/α-hetero) is 1. The van der Waals surface area contributed by atoms with Crippen LogP contribution < -0.4 is 0 Å². The minimum absolute atomic E-state index is 0.0119. The summed E-state index contributed by atoms with van der Waals surface area (Å²) in [5.41, 5.74) is 1.25. The van der Waals surface area contributed by atoms with E-state index in [-0.39, 0.29) is 22.3 Å². The van der Waals surface area contributed by atoms with Crippen molar-refractivity contribution >= 4 is 5.78 Å². The van der Waals surface area contributed by atoms with Crippen molar-refractivity contribution in [2.75, 3.05) is 0 Å². The summed E-state index contributed by atoms with van der Waals surface area (Å²) >= 11 is 0. The Morgan fingerprint density at radius 2 is 1.81 bits per heavy atom. The highest BCUT2D eigenvalue weighted by Gasteiger charge is 2.63. The molecule has 0 bridgehead atoms. The number of allylic oxidation sites excluding steroid dienone is 2. The molecule has 0 aromatic carbocycles. The molecule has 2 nitrogen and oxygen atoms in total. The zero-order valence-corrected chi connectivity index (χ0v) is 21.3. The third-order valence-corrected chi connectivity index (χ3v) is 10.8. The summed E-state index contributed by atoms with van der Waals surface area (Å²) in [7, 11) is 0. The van der Waals surface area contributed by atoms with Crippen molar-refractivity contribution in [2.45, 2.75) is 112 Å². The molecule has 4 rings (SSSR count). The molecular weight excluding hydrogens is 380 g/mol. The summed E-state index contributed by atoms with van der Waals surface area (Å²) in [6, 6.07) is 0. The Bertz CT molecular complexity index is 733.